The second-order valence-corrected chi connectivity index (χ2v) is 8.81. The zero-order valence-electron chi connectivity index (χ0n) is 18.7. The Hall–Kier alpha value is -3.11. The van der Waals surface area contributed by atoms with Crippen LogP contribution in [0.15, 0.2) is 36.8 Å². The highest BCUT2D eigenvalue weighted by molar-refractivity contribution is 6.34. The number of hydrogen-bond donors (Lipinski definition) is 1. The lowest BCUT2D eigenvalue weighted by molar-refractivity contribution is -0.141. The lowest BCUT2D eigenvalue weighted by atomic mass is 9.93. The number of alkyl halides is 3. The minimum absolute atomic E-state index is 0.0802. The van der Waals surface area contributed by atoms with Gasteiger partial charge in [0.1, 0.15) is 28.6 Å². The van der Waals surface area contributed by atoms with Crippen molar-refractivity contribution >= 4 is 34.5 Å². The molecule has 3 aromatic heterocycles. The highest BCUT2D eigenvalue weighted by Gasteiger charge is 2.33. The van der Waals surface area contributed by atoms with E-state index in [1.165, 1.54) is 18.3 Å². The molecule has 0 amide bonds. The predicted molar refractivity (Wildman–Crippen MR) is 125 cm³/mol. The van der Waals surface area contributed by atoms with Crippen LogP contribution in [0, 0.1) is 5.82 Å². The van der Waals surface area contributed by atoms with Crippen molar-refractivity contribution in [3.05, 3.63) is 69.9 Å². The average Bonchev–Trinajstić information content (AvgIpc) is 3.13. The van der Waals surface area contributed by atoms with E-state index >= 15 is 4.39 Å². The van der Waals surface area contributed by atoms with Gasteiger partial charge in [0.25, 0.3) is 0 Å². The fraction of sp³-hybridized carbons (Fsp3) is 0.261. The summed E-state index contributed by atoms with van der Waals surface area (Å²) in [5, 5.41) is -0.192. The van der Waals surface area contributed by atoms with E-state index in [1.54, 1.807) is 31.4 Å². The van der Waals surface area contributed by atoms with E-state index < -0.39 is 23.6 Å². The molecule has 4 rings (SSSR count). The first-order valence-electron chi connectivity index (χ1n) is 10.4. The number of nitrogen functional groups attached to an aromatic ring is 1. The number of benzene rings is 1. The van der Waals surface area contributed by atoms with Crippen LogP contribution in [0.25, 0.3) is 16.6 Å². The third kappa shape index (κ3) is 4.60. The molecule has 0 spiro atoms. The van der Waals surface area contributed by atoms with Gasteiger partial charge in [0.15, 0.2) is 11.0 Å². The van der Waals surface area contributed by atoms with Crippen molar-refractivity contribution in [2.45, 2.75) is 39.0 Å². The number of halogens is 6. The van der Waals surface area contributed by atoms with Gasteiger partial charge in [-0.3, -0.25) is 9.38 Å². The van der Waals surface area contributed by atoms with Gasteiger partial charge in [-0.2, -0.15) is 13.2 Å². The topological polar surface area (TPSA) is 78.3 Å². The largest absolute Gasteiger partial charge is 0.490 e. The molecular formula is C23H19Cl2F4N5O. The first-order valence-corrected chi connectivity index (χ1v) is 11.2. The maximum atomic E-state index is 15.1. The third-order valence-electron chi connectivity index (χ3n) is 5.32. The smallest absolute Gasteiger partial charge is 0.433 e. The number of imidazole rings is 1. The van der Waals surface area contributed by atoms with Crippen molar-refractivity contribution in [2.75, 3.05) is 5.73 Å². The summed E-state index contributed by atoms with van der Waals surface area (Å²) in [6, 6.07) is 3.19. The fourth-order valence-corrected chi connectivity index (χ4v) is 4.29. The van der Waals surface area contributed by atoms with Gasteiger partial charge >= 0.3 is 6.18 Å². The molecule has 6 nitrogen and oxygen atoms in total. The summed E-state index contributed by atoms with van der Waals surface area (Å²) >= 11 is 12.6. The molecule has 1 unspecified atom stereocenters. The summed E-state index contributed by atoms with van der Waals surface area (Å²) in [4.78, 5) is 11.9. The summed E-state index contributed by atoms with van der Waals surface area (Å²) in [5.74, 6) is -0.603. The summed E-state index contributed by atoms with van der Waals surface area (Å²) in [6.07, 6.45) is -0.918. The van der Waals surface area contributed by atoms with Gasteiger partial charge in [0, 0.05) is 41.2 Å². The number of ether oxygens (including phenoxy) is 1. The van der Waals surface area contributed by atoms with E-state index in [-0.39, 0.29) is 39.0 Å². The maximum Gasteiger partial charge on any atom is 0.433 e. The highest BCUT2D eigenvalue weighted by atomic mass is 35.5. The quantitative estimate of drug-likeness (QED) is 0.289. The van der Waals surface area contributed by atoms with Crippen LogP contribution in [-0.4, -0.2) is 25.5 Å². The normalized spacial score (nSPS) is 13.0. The van der Waals surface area contributed by atoms with Gasteiger partial charge in [-0.1, -0.05) is 36.2 Å². The molecule has 12 heteroatoms. The van der Waals surface area contributed by atoms with E-state index in [1.807, 2.05) is 0 Å². The van der Waals surface area contributed by atoms with Crippen LogP contribution in [0.4, 0.5) is 23.4 Å². The van der Waals surface area contributed by atoms with Gasteiger partial charge in [0.2, 0.25) is 0 Å². The van der Waals surface area contributed by atoms with Crippen LogP contribution < -0.4 is 10.5 Å². The molecule has 184 valence electrons. The number of rotatable bonds is 5. The van der Waals surface area contributed by atoms with E-state index in [0.717, 1.165) is 12.3 Å². The predicted octanol–water partition coefficient (Wildman–Crippen LogP) is 6.78. The van der Waals surface area contributed by atoms with Crippen LogP contribution in [0.2, 0.25) is 10.2 Å². The summed E-state index contributed by atoms with van der Waals surface area (Å²) in [6.45, 7) is 5.27. The number of anilines is 1. The summed E-state index contributed by atoms with van der Waals surface area (Å²) in [7, 11) is 0. The lowest BCUT2D eigenvalue weighted by Crippen LogP contribution is -2.13. The molecule has 2 N–H and O–H groups in total. The van der Waals surface area contributed by atoms with Crippen molar-refractivity contribution in [3.63, 3.8) is 0 Å². The third-order valence-corrected chi connectivity index (χ3v) is 5.95. The molecule has 0 radical (unpaired) electrons. The number of aromatic nitrogens is 4. The lowest BCUT2D eigenvalue weighted by Gasteiger charge is -2.23. The van der Waals surface area contributed by atoms with E-state index in [4.69, 9.17) is 33.7 Å². The van der Waals surface area contributed by atoms with Gasteiger partial charge in [0.05, 0.1) is 11.1 Å². The minimum Gasteiger partial charge on any atom is -0.490 e. The van der Waals surface area contributed by atoms with Crippen molar-refractivity contribution in [1.82, 2.24) is 19.4 Å². The maximum absolute atomic E-state index is 15.1. The van der Waals surface area contributed by atoms with Gasteiger partial charge in [-0.15, -0.1) is 0 Å². The van der Waals surface area contributed by atoms with E-state index in [0.29, 0.717) is 16.9 Å². The number of fused-ring (bicyclic) bond motifs is 1. The second kappa shape index (κ2) is 9.16. The van der Waals surface area contributed by atoms with Crippen LogP contribution in [-0.2, 0) is 6.18 Å². The first kappa shape index (κ1) is 25.0. The van der Waals surface area contributed by atoms with Gasteiger partial charge < -0.3 is 10.5 Å². The number of pyridine rings is 1. The summed E-state index contributed by atoms with van der Waals surface area (Å²) in [5.41, 5.74) is 5.85. The SMILES string of the molecule is CC(C)Oc1c(C(C)c2nc(Cl)c3c(N)nccn23)cc(F)c(Cl)c1-c1ccc(C(F)(F)F)nc1. The fourth-order valence-electron chi connectivity index (χ4n) is 3.77. The Morgan fingerprint density at radius 3 is 2.43 bits per heavy atom. The molecule has 4 aromatic rings. The molecule has 0 bridgehead atoms. The van der Waals surface area contributed by atoms with Crippen LogP contribution in [0.1, 0.15) is 43.8 Å². The molecule has 3 heterocycles. The molecule has 1 atom stereocenters. The van der Waals surface area contributed by atoms with E-state index in [2.05, 4.69) is 15.0 Å². The molecule has 0 fully saturated rings. The number of nitrogens with two attached hydrogens (primary N) is 1. The number of hydrogen-bond acceptors (Lipinski definition) is 5. The van der Waals surface area contributed by atoms with Gasteiger partial charge in [-0.25, -0.2) is 14.4 Å². The van der Waals surface area contributed by atoms with Crippen LogP contribution >= 0.6 is 23.2 Å². The van der Waals surface area contributed by atoms with E-state index in [9.17, 15) is 13.2 Å². The Labute approximate surface area is 207 Å². The number of nitrogens with zero attached hydrogens (tertiary/aromatic N) is 4. The monoisotopic (exact) mass is 527 g/mol. The van der Waals surface area contributed by atoms with Crippen molar-refractivity contribution < 1.29 is 22.3 Å². The molecule has 0 aliphatic rings. The Morgan fingerprint density at radius 2 is 1.83 bits per heavy atom. The van der Waals surface area contributed by atoms with Crippen molar-refractivity contribution in [1.29, 1.82) is 0 Å². The molecule has 0 aliphatic carbocycles. The Balaban J connectivity index is 1.95. The van der Waals surface area contributed by atoms with Crippen LogP contribution in [0.3, 0.4) is 0 Å². The second-order valence-electron chi connectivity index (χ2n) is 8.08. The minimum atomic E-state index is -4.63. The molecule has 35 heavy (non-hydrogen) atoms. The molecule has 0 saturated carbocycles. The van der Waals surface area contributed by atoms with Gasteiger partial charge in [-0.05, 0) is 26.0 Å². The zero-order chi connectivity index (χ0) is 25.7. The Bertz CT molecular complexity index is 1400. The molecular weight excluding hydrogens is 509 g/mol. The zero-order valence-corrected chi connectivity index (χ0v) is 20.2. The standard InChI is InChI=1S/C23H19Cl2F4N5O/c1-10(2)35-19-13(11(3)22-33-20(25)18-21(30)31-6-7-34(18)22)8-14(26)17(24)16(19)12-4-5-15(32-9-12)23(27,28)29/h4-11H,1-3H3,(H2,30,31). The van der Waals surface area contributed by atoms with Crippen molar-refractivity contribution in [3.8, 4) is 16.9 Å². The summed E-state index contributed by atoms with van der Waals surface area (Å²) < 4.78 is 61.9. The van der Waals surface area contributed by atoms with Crippen LogP contribution in [0.5, 0.6) is 5.75 Å². The highest BCUT2D eigenvalue weighted by Crippen LogP contribution is 2.45. The Kier molecular flexibility index (Phi) is 6.54. The molecule has 1 aromatic carbocycles. The molecule has 0 saturated heterocycles. The molecule has 0 aliphatic heterocycles. The Morgan fingerprint density at radius 1 is 1.11 bits per heavy atom. The average molecular weight is 528 g/mol. The first-order chi connectivity index (χ1) is 16.4. The van der Waals surface area contributed by atoms with Crippen molar-refractivity contribution in [2.24, 2.45) is 0 Å².